The van der Waals surface area contributed by atoms with E-state index in [1.807, 2.05) is 0 Å². The molecule has 0 saturated heterocycles. The smallest absolute Gasteiger partial charge is 0.145 e. The molecule has 6 heteroatoms. The fourth-order valence-corrected chi connectivity index (χ4v) is 1.39. The fourth-order valence-electron chi connectivity index (χ4n) is 1.39. The average Bonchev–Trinajstić information content (AvgIpc) is 2.45. The number of carbonyl (C=O) groups excluding carboxylic acids is 1. The highest BCUT2D eigenvalue weighted by Gasteiger charge is 2.08. The van der Waals surface area contributed by atoms with E-state index < -0.39 is 0 Å². The minimum Gasteiger partial charge on any atom is -0.379 e. The summed E-state index contributed by atoms with van der Waals surface area (Å²) < 4.78 is 26.4. The van der Waals surface area contributed by atoms with Gasteiger partial charge >= 0.3 is 0 Å². The van der Waals surface area contributed by atoms with Crippen molar-refractivity contribution in [2.75, 3.05) is 66.1 Å². The maximum Gasteiger partial charge on any atom is 0.145 e. The molecule has 0 N–H and O–H groups in total. The molecule has 0 aliphatic carbocycles. The van der Waals surface area contributed by atoms with Crippen molar-refractivity contribution in [3.05, 3.63) is 0 Å². The van der Waals surface area contributed by atoms with Crippen molar-refractivity contribution in [3.63, 3.8) is 0 Å². The maximum atomic E-state index is 9.97. The van der Waals surface area contributed by atoms with Crippen LogP contribution in [0, 0.1) is 5.41 Å². The number of aldehydes is 1. The number of ether oxygens (including phenoxy) is 5. The average molecular weight is 320 g/mol. The van der Waals surface area contributed by atoms with Crippen LogP contribution in [0.5, 0.6) is 0 Å². The van der Waals surface area contributed by atoms with Crippen LogP contribution in [0.25, 0.3) is 0 Å². The number of hydrogen-bond donors (Lipinski definition) is 0. The van der Waals surface area contributed by atoms with E-state index in [1.165, 1.54) is 0 Å². The van der Waals surface area contributed by atoms with E-state index in [0.29, 0.717) is 58.3 Å². The zero-order chi connectivity index (χ0) is 16.5. The van der Waals surface area contributed by atoms with Gasteiger partial charge in [0.15, 0.2) is 0 Å². The molecule has 0 fully saturated rings. The molecule has 0 radical (unpaired) electrons. The monoisotopic (exact) mass is 320 g/mol. The normalized spacial score (nSPS) is 11.8. The van der Waals surface area contributed by atoms with Gasteiger partial charge in [-0.25, -0.2) is 0 Å². The van der Waals surface area contributed by atoms with E-state index >= 15 is 0 Å². The Morgan fingerprint density at radius 2 is 1.00 bits per heavy atom. The van der Waals surface area contributed by atoms with Gasteiger partial charge in [-0.15, -0.1) is 0 Å². The SMILES string of the molecule is CC(C)(C)CCOCCOCCOCCOCCOCC=O. The van der Waals surface area contributed by atoms with Crippen molar-refractivity contribution in [2.24, 2.45) is 5.41 Å². The van der Waals surface area contributed by atoms with Crippen LogP contribution < -0.4 is 0 Å². The van der Waals surface area contributed by atoms with Crippen LogP contribution in [0.15, 0.2) is 0 Å². The van der Waals surface area contributed by atoms with Crippen molar-refractivity contribution >= 4 is 6.29 Å². The third-order valence-electron chi connectivity index (χ3n) is 2.67. The summed E-state index contributed by atoms with van der Waals surface area (Å²) in [5, 5.41) is 0. The van der Waals surface area contributed by atoms with Crippen molar-refractivity contribution in [1.29, 1.82) is 0 Å². The van der Waals surface area contributed by atoms with Crippen LogP contribution in [0.3, 0.4) is 0 Å². The molecule has 0 aliphatic rings. The molecule has 0 atom stereocenters. The molecule has 0 unspecified atom stereocenters. The van der Waals surface area contributed by atoms with Crippen LogP contribution in [-0.2, 0) is 28.5 Å². The van der Waals surface area contributed by atoms with Crippen molar-refractivity contribution in [3.8, 4) is 0 Å². The van der Waals surface area contributed by atoms with Crippen molar-refractivity contribution in [2.45, 2.75) is 27.2 Å². The summed E-state index contributed by atoms with van der Waals surface area (Å²) in [6.07, 6.45) is 1.77. The molecular weight excluding hydrogens is 288 g/mol. The predicted octanol–water partition coefficient (Wildman–Crippen LogP) is 1.70. The molecule has 0 heterocycles. The third kappa shape index (κ3) is 19.5. The first-order valence-corrected chi connectivity index (χ1v) is 7.88. The first-order chi connectivity index (χ1) is 10.6. The fraction of sp³-hybridized carbons (Fsp3) is 0.938. The lowest BCUT2D eigenvalue weighted by atomic mass is 9.93. The maximum absolute atomic E-state index is 9.97. The quantitative estimate of drug-likeness (QED) is 0.319. The molecule has 0 amide bonds. The van der Waals surface area contributed by atoms with Crippen molar-refractivity contribution in [1.82, 2.24) is 0 Å². The molecule has 132 valence electrons. The Labute approximate surface area is 134 Å². The van der Waals surface area contributed by atoms with E-state index in [4.69, 9.17) is 23.7 Å². The standard InChI is InChI=1S/C16H32O6/c1-16(2,3)4-6-18-8-10-20-12-14-22-15-13-21-11-9-19-7-5-17/h5H,4,6-15H2,1-3H3. The van der Waals surface area contributed by atoms with Gasteiger partial charge in [0.25, 0.3) is 0 Å². The summed E-state index contributed by atoms with van der Waals surface area (Å²) >= 11 is 0. The van der Waals surface area contributed by atoms with Crippen LogP contribution >= 0.6 is 0 Å². The summed E-state index contributed by atoms with van der Waals surface area (Å²) in [5.74, 6) is 0. The summed E-state index contributed by atoms with van der Waals surface area (Å²) in [6, 6.07) is 0. The second kappa shape index (κ2) is 15.4. The van der Waals surface area contributed by atoms with Crippen LogP contribution in [0.4, 0.5) is 0 Å². The minimum atomic E-state index is 0.122. The molecule has 0 aliphatic heterocycles. The first-order valence-electron chi connectivity index (χ1n) is 7.88. The molecule has 0 saturated carbocycles. The Morgan fingerprint density at radius 3 is 1.36 bits per heavy atom. The van der Waals surface area contributed by atoms with Gasteiger partial charge < -0.3 is 28.5 Å². The minimum absolute atomic E-state index is 0.122. The second-order valence-corrected chi connectivity index (χ2v) is 6.00. The Balaban J connectivity index is 3.01. The lowest BCUT2D eigenvalue weighted by molar-refractivity contribution is -0.112. The van der Waals surface area contributed by atoms with E-state index in [0.717, 1.165) is 19.3 Å². The largest absolute Gasteiger partial charge is 0.379 e. The van der Waals surface area contributed by atoms with Crippen LogP contribution in [0.1, 0.15) is 27.2 Å². The molecule has 0 aromatic heterocycles. The first kappa shape index (κ1) is 21.5. The number of carbonyl (C=O) groups is 1. The van der Waals surface area contributed by atoms with Gasteiger partial charge in [0.05, 0.1) is 52.9 Å². The Bertz CT molecular complexity index is 239. The van der Waals surface area contributed by atoms with E-state index in [2.05, 4.69) is 20.8 Å². The van der Waals surface area contributed by atoms with Gasteiger partial charge in [-0.3, -0.25) is 0 Å². The van der Waals surface area contributed by atoms with E-state index in [-0.39, 0.29) is 6.61 Å². The van der Waals surface area contributed by atoms with Crippen molar-refractivity contribution < 1.29 is 28.5 Å². The van der Waals surface area contributed by atoms with E-state index in [1.54, 1.807) is 0 Å². The zero-order valence-corrected chi connectivity index (χ0v) is 14.3. The Kier molecular flexibility index (Phi) is 15.0. The van der Waals surface area contributed by atoms with Gasteiger partial charge in [0, 0.05) is 6.61 Å². The lowest BCUT2D eigenvalue weighted by Gasteiger charge is -2.17. The highest BCUT2D eigenvalue weighted by Crippen LogP contribution is 2.17. The summed E-state index contributed by atoms with van der Waals surface area (Å²) in [6.45, 7) is 11.8. The molecule has 0 aromatic carbocycles. The highest BCUT2D eigenvalue weighted by atomic mass is 16.6. The molecule has 0 spiro atoms. The van der Waals surface area contributed by atoms with Gasteiger partial charge in [-0.2, -0.15) is 0 Å². The molecule has 22 heavy (non-hydrogen) atoms. The van der Waals surface area contributed by atoms with Gasteiger partial charge in [-0.05, 0) is 11.8 Å². The van der Waals surface area contributed by atoms with Gasteiger partial charge in [0.1, 0.15) is 12.9 Å². The molecule has 0 rings (SSSR count). The van der Waals surface area contributed by atoms with Gasteiger partial charge in [0.2, 0.25) is 0 Å². The second-order valence-electron chi connectivity index (χ2n) is 6.00. The number of hydrogen-bond acceptors (Lipinski definition) is 6. The summed E-state index contributed by atoms with van der Waals surface area (Å²) in [7, 11) is 0. The lowest BCUT2D eigenvalue weighted by Crippen LogP contribution is -2.14. The third-order valence-corrected chi connectivity index (χ3v) is 2.67. The Morgan fingerprint density at radius 1 is 0.636 bits per heavy atom. The zero-order valence-electron chi connectivity index (χ0n) is 14.3. The predicted molar refractivity (Wildman–Crippen MR) is 84.2 cm³/mol. The molecule has 0 aromatic rings. The summed E-state index contributed by atoms with van der Waals surface area (Å²) in [5.41, 5.74) is 0.317. The number of rotatable bonds is 16. The summed E-state index contributed by atoms with van der Waals surface area (Å²) in [4.78, 5) is 9.97. The Hall–Kier alpha value is -0.530. The molecular formula is C16H32O6. The van der Waals surface area contributed by atoms with E-state index in [9.17, 15) is 4.79 Å². The topological polar surface area (TPSA) is 63.2 Å². The van der Waals surface area contributed by atoms with Crippen LogP contribution in [-0.4, -0.2) is 72.4 Å². The molecule has 6 nitrogen and oxygen atoms in total. The van der Waals surface area contributed by atoms with Gasteiger partial charge in [-0.1, -0.05) is 20.8 Å². The molecule has 0 bridgehead atoms. The highest BCUT2D eigenvalue weighted by molar-refractivity contribution is 5.50. The van der Waals surface area contributed by atoms with Crippen LogP contribution in [0.2, 0.25) is 0 Å².